The molecule has 2 aromatic rings. The fraction of sp³-hybridized carbons (Fsp3) is 0.188. The molecule has 0 unspecified atom stereocenters. The van der Waals surface area contributed by atoms with Crippen LogP contribution in [0.25, 0.3) is 0 Å². The molecule has 0 radical (unpaired) electrons. The van der Waals surface area contributed by atoms with Gasteiger partial charge in [-0.1, -0.05) is 24.3 Å². The van der Waals surface area contributed by atoms with Crippen LogP contribution >= 0.6 is 11.6 Å². The highest BCUT2D eigenvalue weighted by Gasteiger charge is 2.06. The second kappa shape index (κ2) is 8.14. The number of hydrogen-bond donors (Lipinski definition) is 4. The average molecular weight is 323 g/mol. The summed E-state index contributed by atoms with van der Waals surface area (Å²) in [7, 11) is 0. The standard InChI is InChI=1S/C9H10ClNO2.C7H9NO/c1-6-3-2-4-7(12)9(6)11-8(13)5-10;1-5-3-2-4-6(9)7(5)8/h2-4,12H,5H2,1H3,(H,11,13);2-4,9H,8H2,1H3. The molecule has 0 heterocycles. The van der Waals surface area contributed by atoms with E-state index in [-0.39, 0.29) is 23.3 Å². The minimum Gasteiger partial charge on any atom is -0.506 e. The number of benzene rings is 2. The minimum absolute atomic E-state index is 0.0541. The van der Waals surface area contributed by atoms with E-state index in [4.69, 9.17) is 22.4 Å². The fourth-order valence-electron chi connectivity index (χ4n) is 1.65. The Morgan fingerprint density at radius 1 is 1.09 bits per heavy atom. The summed E-state index contributed by atoms with van der Waals surface area (Å²) < 4.78 is 0. The van der Waals surface area contributed by atoms with Crippen molar-refractivity contribution >= 4 is 28.9 Å². The van der Waals surface area contributed by atoms with Gasteiger partial charge in [-0.2, -0.15) is 0 Å². The van der Waals surface area contributed by atoms with Crippen molar-refractivity contribution in [1.82, 2.24) is 0 Å². The van der Waals surface area contributed by atoms with Gasteiger partial charge in [0.1, 0.15) is 17.4 Å². The van der Waals surface area contributed by atoms with Crippen LogP contribution < -0.4 is 11.1 Å². The molecule has 0 saturated carbocycles. The average Bonchev–Trinajstić information content (AvgIpc) is 2.49. The molecule has 22 heavy (non-hydrogen) atoms. The molecule has 2 rings (SSSR count). The zero-order valence-electron chi connectivity index (χ0n) is 12.4. The summed E-state index contributed by atoms with van der Waals surface area (Å²) >= 11 is 5.31. The zero-order valence-corrected chi connectivity index (χ0v) is 13.2. The van der Waals surface area contributed by atoms with Gasteiger partial charge < -0.3 is 21.3 Å². The Morgan fingerprint density at radius 2 is 1.64 bits per heavy atom. The highest BCUT2D eigenvalue weighted by molar-refractivity contribution is 6.29. The summed E-state index contributed by atoms with van der Waals surface area (Å²) in [4.78, 5) is 10.9. The maximum atomic E-state index is 10.9. The normalized spacial score (nSPS) is 9.59. The van der Waals surface area contributed by atoms with Gasteiger partial charge in [0.15, 0.2) is 0 Å². The molecule has 0 saturated heterocycles. The van der Waals surface area contributed by atoms with E-state index in [1.807, 2.05) is 13.0 Å². The van der Waals surface area contributed by atoms with Gasteiger partial charge in [0.2, 0.25) is 5.91 Å². The van der Waals surface area contributed by atoms with Crippen molar-refractivity contribution in [3.8, 4) is 11.5 Å². The topological polar surface area (TPSA) is 95.6 Å². The molecule has 0 bridgehead atoms. The van der Waals surface area contributed by atoms with Crippen LogP contribution in [0.3, 0.4) is 0 Å². The molecule has 2 aromatic carbocycles. The summed E-state index contributed by atoms with van der Waals surface area (Å²) in [5.41, 5.74) is 8.04. The van der Waals surface area contributed by atoms with Crippen LogP contribution in [0.1, 0.15) is 11.1 Å². The molecule has 0 aliphatic heterocycles. The Kier molecular flexibility index (Phi) is 6.53. The molecule has 0 spiro atoms. The Bertz CT molecular complexity index is 619. The molecule has 1 amide bonds. The third-order valence-corrected chi connectivity index (χ3v) is 3.18. The Morgan fingerprint density at radius 3 is 2.09 bits per heavy atom. The SMILES string of the molecule is Cc1cccc(O)c1N.Cc1cccc(O)c1NC(=O)CCl. The van der Waals surface area contributed by atoms with Gasteiger partial charge >= 0.3 is 0 Å². The molecule has 0 aromatic heterocycles. The van der Waals surface area contributed by atoms with Gasteiger partial charge in [-0.15, -0.1) is 11.6 Å². The van der Waals surface area contributed by atoms with Crippen molar-refractivity contribution in [2.75, 3.05) is 16.9 Å². The number of aryl methyl sites for hydroxylation is 2. The number of nitrogens with one attached hydrogen (secondary N) is 1. The monoisotopic (exact) mass is 322 g/mol. The van der Waals surface area contributed by atoms with Crippen molar-refractivity contribution < 1.29 is 15.0 Å². The number of halogens is 1. The summed E-state index contributed by atoms with van der Waals surface area (Å²) in [5.74, 6) is -0.229. The molecule has 6 heteroatoms. The number of rotatable bonds is 2. The minimum atomic E-state index is -0.328. The third-order valence-electron chi connectivity index (χ3n) is 2.94. The van der Waals surface area contributed by atoms with E-state index >= 15 is 0 Å². The zero-order chi connectivity index (χ0) is 16.7. The molecular weight excluding hydrogens is 304 g/mol. The number of nitrogen functional groups attached to an aromatic ring is 1. The predicted octanol–water partition coefficient (Wildman–Crippen LogP) is 3.16. The quantitative estimate of drug-likeness (QED) is 0.388. The van der Waals surface area contributed by atoms with Gasteiger partial charge in [0.05, 0.1) is 11.4 Å². The second-order valence-electron chi connectivity index (χ2n) is 4.66. The number of phenolic OH excluding ortho intramolecular Hbond substituents is 2. The van der Waals surface area contributed by atoms with Gasteiger partial charge in [0, 0.05) is 0 Å². The number of amides is 1. The highest BCUT2D eigenvalue weighted by Crippen LogP contribution is 2.26. The Hall–Kier alpha value is -2.40. The van der Waals surface area contributed by atoms with Crippen LogP contribution in [0.15, 0.2) is 36.4 Å². The number of carbonyl (C=O) groups excluding carboxylic acids is 1. The Labute approximate surface area is 134 Å². The maximum absolute atomic E-state index is 10.9. The molecule has 5 nitrogen and oxygen atoms in total. The van der Waals surface area contributed by atoms with Crippen LogP contribution in [0.5, 0.6) is 11.5 Å². The lowest BCUT2D eigenvalue weighted by atomic mass is 10.2. The molecule has 0 fully saturated rings. The van der Waals surface area contributed by atoms with Crippen LogP contribution in [-0.2, 0) is 4.79 Å². The first kappa shape index (κ1) is 17.7. The lowest BCUT2D eigenvalue weighted by Gasteiger charge is -2.08. The summed E-state index contributed by atoms with van der Waals surface area (Å²) in [6.07, 6.45) is 0. The molecule has 118 valence electrons. The summed E-state index contributed by atoms with van der Waals surface area (Å²) in [5, 5.41) is 20.9. The van der Waals surface area contributed by atoms with Crippen molar-refractivity contribution in [2.24, 2.45) is 0 Å². The molecular formula is C16H19ClN2O3. The van der Waals surface area contributed by atoms with E-state index in [1.165, 1.54) is 6.07 Å². The number of aromatic hydroxyl groups is 2. The molecule has 0 aliphatic rings. The van der Waals surface area contributed by atoms with Crippen LogP contribution in [0.4, 0.5) is 11.4 Å². The van der Waals surface area contributed by atoms with E-state index in [0.717, 1.165) is 11.1 Å². The van der Waals surface area contributed by atoms with Crippen LogP contribution in [0.2, 0.25) is 0 Å². The number of hydrogen-bond acceptors (Lipinski definition) is 4. The van der Waals surface area contributed by atoms with Crippen molar-refractivity contribution in [3.05, 3.63) is 47.5 Å². The van der Waals surface area contributed by atoms with E-state index in [2.05, 4.69) is 5.32 Å². The summed E-state index contributed by atoms with van der Waals surface area (Å²) in [6, 6.07) is 10.2. The van der Waals surface area contributed by atoms with Crippen molar-refractivity contribution in [3.63, 3.8) is 0 Å². The number of carbonyl (C=O) groups is 1. The van der Waals surface area contributed by atoms with Gasteiger partial charge in [-0.05, 0) is 37.1 Å². The number of alkyl halides is 1. The fourth-order valence-corrected chi connectivity index (χ4v) is 1.72. The number of phenols is 2. The third kappa shape index (κ3) is 4.86. The molecule has 5 N–H and O–H groups in total. The molecule has 0 aliphatic carbocycles. The van der Waals surface area contributed by atoms with Crippen LogP contribution in [0, 0.1) is 13.8 Å². The highest BCUT2D eigenvalue weighted by atomic mass is 35.5. The van der Waals surface area contributed by atoms with E-state index in [1.54, 1.807) is 31.2 Å². The largest absolute Gasteiger partial charge is 0.506 e. The molecule has 0 atom stereocenters. The van der Waals surface area contributed by atoms with E-state index < -0.39 is 0 Å². The van der Waals surface area contributed by atoms with E-state index in [9.17, 15) is 9.90 Å². The smallest absolute Gasteiger partial charge is 0.239 e. The van der Waals surface area contributed by atoms with E-state index in [0.29, 0.717) is 11.4 Å². The lowest BCUT2D eigenvalue weighted by molar-refractivity contribution is -0.113. The van der Waals surface area contributed by atoms with Crippen LogP contribution in [-0.4, -0.2) is 22.0 Å². The first-order chi connectivity index (χ1) is 10.4. The van der Waals surface area contributed by atoms with Gasteiger partial charge in [-0.3, -0.25) is 4.79 Å². The number of anilines is 2. The van der Waals surface area contributed by atoms with Gasteiger partial charge in [-0.25, -0.2) is 0 Å². The predicted molar refractivity (Wildman–Crippen MR) is 89.4 cm³/mol. The second-order valence-corrected chi connectivity index (χ2v) is 4.93. The lowest BCUT2D eigenvalue weighted by Crippen LogP contribution is -2.13. The summed E-state index contributed by atoms with van der Waals surface area (Å²) in [6.45, 7) is 3.65. The van der Waals surface area contributed by atoms with Gasteiger partial charge in [0.25, 0.3) is 0 Å². The maximum Gasteiger partial charge on any atom is 0.239 e. The first-order valence-electron chi connectivity index (χ1n) is 6.55. The van der Waals surface area contributed by atoms with Crippen molar-refractivity contribution in [1.29, 1.82) is 0 Å². The number of para-hydroxylation sites is 2. The first-order valence-corrected chi connectivity index (χ1v) is 7.08. The Balaban J connectivity index is 0.000000235. The van der Waals surface area contributed by atoms with Crippen molar-refractivity contribution in [2.45, 2.75) is 13.8 Å². The number of nitrogens with two attached hydrogens (primary N) is 1.